The van der Waals surface area contributed by atoms with Gasteiger partial charge in [0.25, 0.3) is 0 Å². The molecule has 0 fully saturated rings. The van der Waals surface area contributed by atoms with Crippen molar-refractivity contribution in [2.45, 2.75) is 20.3 Å². The number of H-pyrrole nitrogens is 1. The van der Waals surface area contributed by atoms with Gasteiger partial charge < -0.3 is 4.74 Å². The number of nitrogens with zero attached hydrogens (tertiary/aromatic N) is 1. The third kappa shape index (κ3) is 3.04. The first-order chi connectivity index (χ1) is 11.2. The second-order valence-corrected chi connectivity index (χ2v) is 5.11. The highest BCUT2D eigenvalue weighted by Gasteiger charge is 2.15. The topological polar surface area (TPSA) is 68.1 Å². The van der Waals surface area contributed by atoms with E-state index in [1.807, 2.05) is 37.3 Å². The van der Waals surface area contributed by atoms with Crippen molar-refractivity contribution in [3.8, 4) is 28.3 Å². The van der Waals surface area contributed by atoms with E-state index in [1.54, 1.807) is 0 Å². The summed E-state index contributed by atoms with van der Waals surface area (Å²) in [6, 6.07) is 13.9. The van der Waals surface area contributed by atoms with E-state index in [2.05, 4.69) is 33.7 Å². The Bertz CT molecular complexity index is 864. The summed E-state index contributed by atoms with van der Waals surface area (Å²) in [4.78, 5) is 13.9. The number of benzene rings is 2. The molecule has 0 spiro atoms. The van der Waals surface area contributed by atoms with Gasteiger partial charge in [0.05, 0.1) is 6.61 Å². The van der Waals surface area contributed by atoms with Gasteiger partial charge >= 0.3 is 5.76 Å². The van der Waals surface area contributed by atoms with Crippen LogP contribution in [0.5, 0.6) is 5.75 Å². The predicted octanol–water partition coefficient (Wildman–Crippen LogP) is 3.66. The van der Waals surface area contributed by atoms with Crippen LogP contribution >= 0.6 is 0 Å². The number of ether oxygens (including phenoxy) is 1. The van der Waals surface area contributed by atoms with Crippen LogP contribution in [0.4, 0.5) is 0 Å². The van der Waals surface area contributed by atoms with Crippen molar-refractivity contribution in [3.63, 3.8) is 0 Å². The van der Waals surface area contributed by atoms with Crippen molar-refractivity contribution in [2.75, 3.05) is 6.61 Å². The number of nitrogens with one attached hydrogen (secondary N) is 1. The highest BCUT2D eigenvalue weighted by molar-refractivity contribution is 5.83. The first-order valence-corrected chi connectivity index (χ1v) is 7.64. The molecule has 3 rings (SSSR count). The molecule has 5 heteroatoms. The molecular weight excluding hydrogens is 292 g/mol. The quantitative estimate of drug-likeness (QED) is 0.781. The lowest BCUT2D eigenvalue weighted by Crippen LogP contribution is -1.98. The van der Waals surface area contributed by atoms with Crippen LogP contribution in [0, 0.1) is 0 Å². The molecule has 0 unspecified atom stereocenters. The average Bonchev–Trinajstić information content (AvgIpc) is 3.01. The molecule has 0 aliphatic rings. The molecule has 0 aliphatic carbocycles. The van der Waals surface area contributed by atoms with Gasteiger partial charge in [0, 0.05) is 11.1 Å². The van der Waals surface area contributed by atoms with Gasteiger partial charge in [0.2, 0.25) is 0 Å². The molecule has 1 N–H and O–H groups in total. The van der Waals surface area contributed by atoms with Crippen LogP contribution < -0.4 is 10.5 Å². The number of hydrogen-bond donors (Lipinski definition) is 1. The largest absolute Gasteiger partial charge is 0.493 e. The Balaban J connectivity index is 2.17. The van der Waals surface area contributed by atoms with Crippen molar-refractivity contribution in [3.05, 3.63) is 58.6 Å². The maximum atomic E-state index is 11.3. The molecule has 0 amide bonds. The Morgan fingerprint density at radius 1 is 1.09 bits per heavy atom. The van der Waals surface area contributed by atoms with Gasteiger partial charge in [-0.2, -0.15) is 0 Å². The summed E-state index contributed by atoms with van der Waals surface area (Å²) in [6.07, 6.45) is 0.943. The number of aromatic nitrogens is 2. The van der Waals surface area contributed by atoms with E-state index < -0.39 is 5.76 Å². The normalized spacial score (nSPS) is 10.7. The monoisotopic (exact) mass is 310 g/mol. The second-order valence-electron chi connectivity index (χ2n) is 5.11. The van der Waals surface area contributed by atoms with E-state index in [1.165, 1.54) is 5.56 Å². The van der Waals surface area contributed by atoms with Gasteiger partial charge in [-0.1, -0.05) is 48.5 Å². The molecular formula is C18H18N2O3. The van der Waals surface area contributed by atoms with E-state index >= 15 is 0 Å². The Morgan fingerprint density at radius 3 is 2.52 bits per heavy atom. The van der Waals surface area contributed by atoms with Gasteiger partial charge in [0.15, 0.2) is 5.82 Å². The maximum Gasteiger partial charge on any atom is 0.439 e. The van der Waals surface area contributed by atoms with Crippen molar-refractivity contribution >= 4 is 0 Å². The van der Waals surface area contributed by atoms with Crippen molar-refractivity contribution in [1.29, 1.82) is 0 Å². The van der Waals surface area contributed by atoms with Gasteiger partial charge in [-0.25, -0.2) is 4.79 Å². The van der Waals surface area contributed by atoms with Crippen LogP contribution in [0.15, 0.2) is 51.8 Å². The summed E-state index contributed by atoms with van der Waals surface area (Å²) < 4.78 is 10.4. The minimum absolute atomic E-state index is 0.410. The summed E-state index contributed by atoms with van der Waals surface area (Å²) in [5.41, 5.74) is 3.90. The summed E-state index contributed by atoms with van der Waals surface area (Å²) in [7, 11) is 0. The van der Waals surface area contributed by atoms with Gasteiger partial charge in [-0.05, 0) is 30.5 Å². The summed E-state index contributed by atoms with van der Waals surface area (Å²) >= 11 is 0. The van der Waals surface area contributed by atoms with Gasteiger partial charge in [-0.15, -0.1) is 0 Å². The fraction of sp³-hybridized carbons (Fsp3) is 0.222. The molecule has 1 aromatic heterocycles. The smallest absolute Gasteiger partial charge is 0.439 e. The van der Waals surface area contributed by atoms with Crippen molar-refractivity contribution in [2.24, 2.45) is 0 Å². The lowest BCUT2D eigenvalue weighted by Gasteiger charge is -2.14. The minimum Gasteiger partial charge on any atom is -0.493 e. The molecule has 0 saturated heterocycles. The van der Waals surface area contributed by atoms with Crippen LogP contribution in [0.25, 0.3) is 22.5 Å². The number of aromatic amines is 1. The van der Waals surface area contributed by atoms with Gasteiger partial charge in [0.1, 0.15) is 5.75 Å². The lowest BCUT2D eigenvalue weighted by molar-refractivity contribution is 0.341. The van der Waals surface area contributed by atoms with Gasteiger partial charge in [-0.3, -0.25) is 9.51 Å². The Morgan fingerprint density at radius 2 is 1.87 bits per heavy atom. The minimum atomic E-state index is -0.568. The molecule has 0 radical (unpaired) electrons. The Labute approximate surface area is 133 Å². The van der Waals surface area contributed by atoms with Crippen LogP contribution in [0.1, 0.15) is 19.4 Å². The zero-order chi connectivity index (χ0) is 16.2. The zero-order valence-corrected chi connectivity index (χ0v) is 13.1. The molecule has 3 aromatic rings. The second kappa shape index (κ2) is 6.52. The van der Waals surface area contributed by atoms with Crippen molar-refractivity contribution in [1.82, 2.24) is 10.1 Å². The van der Waals surface area contributed by atoms with E-state index in [9.17, 15) is 4.79 Å². The molecule has 118 valence electrons. The lowest BCUT2D eigenvalue weighted by atomic mass is 9.97. The molecule has 0 saturated carbocycles. The van der Waals surface area contributed by atoms with E-state index in [0.717, 1.165) is 28.9 Å². The molecule has 0 bridgehead atoms. The molecule has 23 heavy (non-hydrogen) atoms. The fourth-order valence-corrected chi connectivity index (χ4v) is 2.55. The van der Waals surface area contributed by atoms with Crippen LogP contribution in [-0.4, -0.2) is 16.7 Å². The average molecular weight is 310 g/mol. The van der Waals surface area contributed by atoms with E-state index in [4.69, 9.17) is 4.74 Å². The molecule has 0 atom stereocenters. The number of rotatable bonds is 5. The summed E-state index contributed by atoms with van der Waals surface area (Å²) in [5, 5.41) is 3.80. The zero-order valence-electron chi connectivity index (χ0n) is 13.1. The van der Waals surface area contributed by atoms with Crippen LogP contribution in [0.2, 0.25) is 0 Å². The van der Waals surface area contributed by atoms with E-state index in [-0.39, 0.29) is 0 Å². The van der Waals surface area contributed by atoms with E-state index in [0.29, 0.717) is 12.4 Å². The number of hydrogen-bond acceptors (Lipinski definition) is 4. The highest BCUT2D eigenvalue weighted by Crippen LogP contribution is 2.36. The predicted molar refractivity (Wildman–Crippen MR) is 88.5 cm³/mol. The fourth-order valence-electron chi connectivity index (χ4n) is 2.55. The first kappa shape index (κ1) is 15.1. The van der Waals surface area contributed by atoms with Crippen LogP contribution in [0.3, 0.4) is 0 Å². The maximum absolute atomic E-state index is 11.3. The SMILES string of the molecule is CCOc1cc(CC)ccc1-c1ccccc1-c1noc(=O)[nH]1. The highest BCUT2D eigenvalue weighted by atomic mass is 16.5. The third-order valence-corrected chi connectivity index (χ3v) is 3.67. The summed E-state index contributed by atoms with van der Waals surface area (Å²) in [6.45, 7) is 4.66. The third-order valence-electron chi connectivity index (χ3n) is 3.67. The molecule has 0 aliphatic heterocycles. The molecule has 2 aromatic carbocycles. The molecule has 1 heterocycles. The van der Waals surface area contributed by atoms with Crippen molar-refractivity contribution < 1.29 is 9.26 Å². The number of aryl methyl sites for hydroxylation is 1. The Kier molecular flexibility index (Phi) is 4.28. The van der Waals surface area contributed by atoms with Crippen LogP contribution in [-0.2, 0) is 6.42 Å². The summed E-state index contributed by atoms with van der Waals surface area (Å²) in [5.74, 6) is 0.666. The standard InChI is InChI=1S/C18H18N2O3/c1-3-12-9-10-14(16(11-12)22-4-2)13-7-5-6-8-15(13)17-19-18(21)23-20-17/h5-11H,3-4H2,1-2H3,(H,19,20,21). The first-order valence-electron chi connectivity index (χ1n) is 7.64. The Hall–Kier alpha value is -2.82. The molecule has 5 nitrogen and oxygen atoms in total.